The topological polar surface area (TPSA) is 149 Å². The highest BCUT2D eigenvalue weighted by Crippen LogP contribution is 2.23. The first kappa shape index (κ1) is 61.9. The van der Waals surface area contributed by atoms with Gasteiger partial charge in [0.25, 0.3) is 0 Å². The van der Waals surface area contributed by atoms with Crippen molar-refractivity contribution >= 4 is 5.91 Å². The van der Waals surface area contributed by atoms with E-state index in [0.29, 0.717) is 12.8 Å². The number of hydrogen-bond donors (Lipinski definition) is 6. The summed E-state index contributed by atoms with van der Waals surface area (Å²) >= 11 is 0. The molecule has 6 N–H and O–H groups in total. The second-order valence-corrected chi connectivity index (χ2v) is 20.1. The lowest BCUT2D eigenvalue weighted by molar-refractivity contribution is -0.302. The molecule has 0 aromatic heterocycles. The molecule has 9 heteroatoms. The summed E-state index contributed by atoms with van der Waals surface area (Å²) in [7, 11) is 0. The van der Waals surface area contributed by atoms with Crippen molar-refractivity contribution in [2.24, 2.45) is 0 Å². The van der Waals surface area contributed by atoms with Crippen LogP contribution in [0.15, 0.2) is 12.2 Å². The van der Waals surface area contributed by atoms with Crippen molar-refractivity contribution in [3.05, 3.63) is 12.2 Å². The lowest BCUT2D eigenvalue weighted by atomic mass is 9.99. The van der Waals surface area contributed by atoms with Gasteiger partial charge in [0.1, 0.15) is 24.4 Å². The first-order chi connectivity index (χ1) is 31.8. The zero-order valence-electron chi connectivity index (χ0n) is 42.8. The molecule has 1 amide bonds. The van der Waals surface area contributed by atoms with E-state index in [4.69, 9.17) is 9.47 Å². The van der Waals surface area contributed by atoms with Crippen LogP contribution in [0.4, 0.5) is 0 Å². The van der Waals surface area contributed by atoms with Crippen LogP contribution in [0.3, 0.4) is 0 Å². The zero-order valence-corrected chi connectivity index (χ0v) is 42.8. The van der Waals surface area contributed by atoms with Gasteiger partial charge in [-0.25, -0.2) is 0 Å². The molecule has 1 fully saturated rings. The molecule has 7 atom stereocenters. The number of carbonyl (C=O) groups excluding carboxylic acids is 1. The van der Waals surface area contributed by atoms with Gasteiger partial charge in [-0.05, 0) is 38.5 Å². The minimum absolute atomic E-state index is 0.137. The summed E-state index contributed by atoms with van der Waals surface area (Å²) in [4.78, 5) is 13.0. The Morgan fingerprint density at radius 1 is 0.508 bits per heavy atom. The summed E-state index contributed by atoms with van der Waals surface area (Å²) < 4.78 is 11.3. The summed E-state index contributed by atoms with van der Waals surface area (Å²) in [5.74, 6) is -0.148. The Morgan fingerprint density at radius 2 is 0.862 bits per heavy atom. The standard InChI is InChI=1S/C56H109NO8/c1-3-5-7-9-11-13-15-17-19-21-22-23-24-25-26-27-28-29-30-31-33-35-37-39-41-43-45-50(59)49(48-64-56-55(63)54(62)53(61)51(47-58)65-56)57-52(60)46-44-42-40-38-36-34-32-20-18-16-14-12-10-8-6-4-2/h20,32,49-51,53-56,58-59,61-63H,3-19,21-31,33-48H2,1-2H3,(H,57,60)/b32-20-. The number of unbranched alkanes of at least 4 members (excludes halogenated alkanes) is 37. The van der Waals surface area contributed by atoms with Gasteiger partial charge in [0, 0.05) is 6.42 Å². The number of aliphatic hydroxyl groups excluding tert-OH is 5. The third kappa shape index (κ3) is 36.6. The third-order valence-electron chi connectivity index (χ3n) is 13.9. The quantitative estimate of drug-likeness (QED) is 0.0261. The summed E-state index contributed by atoms with van der Waals surface area (Å²) in [6.07, 6.45) is 49.5. The molecule has 1 aliphatic heterocycles. The fraction of sp³-hybridized carbons (Fsp3) is 0.946. The Balaban J connectivity index is 2.19. The smallest absolute Gasteiger partial charge is 0.220 e. The fourth-order valence-electron chi connectivity index (χ4n) is 9.34. The molecule has 386 valence electrons. The van der Waals surface area contributed by atoms with Crippen LogP contribution in [0, 0.1) is 0 Å². The number of carbonyl (C=O) groups is 1. The first-order valence-corrected chi connectivity index (χ1v) is 28.4. The number of amides is 1. The largest absolute Gasteiger partial charge is 0.394 e. The predicted octanol–water partition coefficient (Wildman–Crippen LogP) is 13.6. The molecular formula is C56H109NO8. The van der Waals surface area contributed by atoms with Crippen LogP contribution in [0.5, 0.6) is 0 Å². The van der Waals surface area contributed by atoms with Crippen molar-refractivity contribution in [3.8, 4) is 0 Å². The predicted molar refractivity (Wildman–Crippen MR) is 272 cm³/mol. The van der Waals surface area contributed by atoms with Crippen molar-refractivity contribution in [1.29, 1.82) is 0 Å². The molecule has 1 rings (SSSR count). The lowest BCUT2D eigenvalue weighted by Crippen LogP contribution is -2.60. The molecule has 7 unspecified atom stereocenters. The van der Waals surface area contributed by atoms with Crippen LogP contribution in [-0.2, 0) is 14.3 Å². The Hall–Kier alpha value is -1.07. The van der Waals surface area contributed by atoms with Gasteiger partial charge in [0.2, 0.25) is 5.91 Å². The van der Waals surface area contributed by atoms with Gasteiger partial charge < -0.3 is 40.3 Å². The van der Waals surface area contributed by atoms with Crippen molar-refractivity contribution in [1.82, 2.24) is 5.32 Å². The normalized spacial score (nSPS) is 19.9. The maximum atomic E-state index is 13.0. The Labute approximate surface area is 401 Å². The second-order valence-electron chi connectivity index (χ2n) is 20.1. The second kappa shape index (κ2) is 46.6. The van der Waals surface area contributed by atoms with Crippen LogP contribution in [0.1, 0.15) is 284 Å². The average molecular weight is 924 g/mol. The van der Waals surface area contributed by atoms with E-state index in [0.717, 1.165) is 51.4 Å². The zero-order chi connectivity index (χ0) is 47.3. The van der Waals surface area contributed by atoms with E-state index >= 15 is 0 Å². The van der Waals surface area contributed by atoms with E-state index in [1.807, 2.05) is 0 Å². The number of rotatable bonds is 49. The van der Waals surface area contributed by atoms with E-state index in [9.17, 15) is 30.3 Å². The molecule has 0 aromatic carbocycles. The number of allylic oxidation sites excluding steroid dienone is 2. The molecule has 1 heterocycles. The summed E-state index contributed by atoms with van der Waals surface area (Å²) in [5.41, 5.74) is 0. The Morgan fingerprint density at radius 3 is 1.25 bits per heavy atom. The van der Waals surface area contributed by atoms with Crippen LogP contribution in [0.2, 0.25) is 0 Å². The van der Waals surface area contributed by atoms with Gasteiger partial charge >= 0.3 is 0 Å². The first-order valence-electron chi connectivity index (χ1n) is 28.4. The fourth-order valence-corrected chi connectivity index (χ4v) is 9.34. The molecule has 0 radical (unpaired) electrons. The molecule has 1 aliphatic rings. The van der Waals surface area contributed by atoms with Gasteiger partial charge in [0.05, 0.1) is 25.4 Å². The van der Waals surface area contributed by atoms with E-state index < -0.39 is 49.5 Å². The monoisotopic (exact) mass is 924 g/mol. The van der Waals surface area contributed by atoms with Crippen molar-refractivity contribution in [3.63, 3.8) is 0 Å². The van der Waals surface area contributed by atoms with Crippen molar-refractivity contribution < 1.29 is 39.8 Å². The van der Waals surface area contributed by atoms with E-state index in [-0.39, 0.29) is 12.5 Å². The van der Waals surface area contributed by atoms with Crippen LogP contribution >= 0.6 is 0 Å². The average Bonchev–Trinajstić information content (AvgIpc) is 3.31. The maximum absolute atomic E-state index is 13.0. The molecule has 0 bridgehead atoms. The minimum atomic E-state index is -1.55. The van der Waals surface area contributed by atoms with Crippen molar-refractivity contribution in [2.45, 2.75) is 326 Å². The number of aliphatic hydroxyl groups is 5. The number of ether oxygens (including phenoxy) is 2. The highest BCUT2D eigenvalue weighted by atomic mass is 16.7. The lowest BCUT2D eigenvalue weighted by Gasteiger charge is -2.40. The molecule has 0 aliphatic carbocycles. The highest BCUT2D eigenvalue weighted by Gasteiger charge is 2.44. The summed E-state index contributed by atoms with van der Waals surface area (Å²) in [6, 6.07) is -0.720. The molecule has 9 nitrogen and oxygen atoms in total. The molecular weight excluding hydrogens is 815 g/mol. The van der Waals surface area contributed by atoms with Gasteiger partial charge in [0.15, 0.2) is 6.29 Å². The summed E-state index contributed by atoms with van der Waals surface area (Å²) in [5, 5.41) is 54.6. The Kier molecular flexibility index (Phi) is 44.5. The molecule has 0 aromatic rings. The number of hydrogen-bond acceptors (Lipinski definition) is 8. The van der Waals surface area contributed by atoms with Gasteiger partial charge in [-0.15, -0.1) is 0 Å². The minimum Gasteiger partial charge on any atom is -0.394 e. The van der Waals surface area contributed by atoms with E-state index in [2.05, 4.69) is 31.3 Å². The van der Waals surface area contributed by atoms with Gasteiger partial charge in [-0.3, -0.25) is 4.79 Å². The maximum Gasteiger partial charge on any atom is 0.220 e. The molecule has 65 heavy (non-hydrogen) atoms. The third-order valence-corrected chi connectivity index (χ3v) is 13.9. The summed E-state index contributed by atoms with van der Waals surface area (Å²) in [6.45, 7) is 3.86. The number of nitrogens with one attached hydrogen (secondary N) is 1. The van der Waals surface area contributed by atoms with Crippen LogP contribution < -0.4 is 5.32 Å². The Bertz CT molecular complexity index is 1030. The SMILES string of the molecule is CCCCCCCCC/C=C\CCCCCCCC(=O)NC(COC1OC(CO)C(O)C(O)C1O)C(O)CCCCCCCCCCCCCCCCCCCCCCCCCCCC. The highest BCUT2D eigenvalue weighted by molar-refractivity contribution is 5.76. The van der Waals surface area contributed by atoms with Crippen LogP contribution in [0.25, 0.3) is 0 Å². The molecule has 0 saturated carbocycles. The molecule has 0 spiro atoms. The van der Waals surface area contributed by atoms with Gasteiger partial charge in [-0.2, -0.15) is 0 Å². The van der Waals surface area contributed by atoms with E-state index in [1.54, 1.807) is 0 Å². The molecule has 1 saturated heterocycles. The van der Waals surface area contributed by atoms with Gasteiger partial charge in [-0.1, -0.05) is 251 Å². The van der Waals surface area contributed by atoms with Crippen LogP contribution in [-0.4, -0.2) is 87.5 Å². The van der Waals surface area contributed by atoms with Crippen molar-refractivity contribution in [2.75, 3.05) is 13.2 Å². The van der Waals surface area contributed by atoms with E-state index in [1.165, 1.54) is 205 Å².